The zero-order valence-electron chi connectivity index (χ0n) is 7.48. The summed E-state index contributed by atoms with van der Waals surface area (Å²) in [6.07, 6.45) is 2.73. The summed E-state index contributed by atoms with van der Waals surface area (Å²) in [5, 5.41) is 0. The van der Waals surface area contributed by atoms with Crippen LogP contribution in [0.3, 0.4) is 0 Å². The molecule has 1 atom stereocenters. The Kier molecular flexibility index (Phi) is 2.04. The second-order valence-corrected chi connectivity index (χ2v) is 3.82. The van der Waals surface area contributed by atoms with E-state index in [0.717, 1.165) is 5.92 Å². The predicted molar refractivity (Wildman–Crippen MR) is 43.0 cm³/mol. The van der Waals surface area contributed by atoms with Crippen LogP contribution in [0.4, 0.5) is 0 Å². The SMILES string of the molecule is COC(C)(C(C)C)C1CC1. The van der Waals surface area contributed by atoms with Crippen molar-refractivity contribution >= 4 is 0 Å². The van der Waals surface area contributed by atoms with Crippen LogP contribution < -0.4 is 0 Å². The molecule has 1 heteroatoms. The quantitative estimate of drug-likeness (QED) is 0.588. The van der Waals surface area contributed by atoms with E-state index in [1.54, 1.807) is 0 Å². The Balaban J connectivity index is 2.56. The van der Waals surface area contributed by atoms with Gasteiger partial charge in [-0.3, -0.25) is 0 Å². The molecule has 0 aromatic carbocycles. The Hall–Kier alpha value is -0.0400. The molecule has 0 aliphatic heterocycles. The average molecular weight is 142 g/mol. The highest BCUT2D eigenvalue weighted by atomic mass is 16.5. The maximum Gasteiger partial charge on any atom is 0.0701 e. The third kappa shape index (κ3) is 1.20. The van der Waals surface area contributed by atoms with Crippen molar-refractivity contribution in [2.45, 2.75) is 39.2 Å². The molecular formula is C9H18O. The first kappa shape index (κ1) is 8.06. The van der Waals surface area contributed by atoms with E-state index in [1.807, 2.05) is 7.11 Å². The van der Waals surface area contributed by atoms with Gasteiger partial charge in [0.1, 0.15) is 0 Å². The second kappa shape index (κ2) is 2.54. The minimum absolute atomic E-state index is 0.153. The summed E-state index contributed by atoms with van der Waals surface area (Å²) < 4.78 is 5.52. The van der Waals surface area contributed by atoms with E-state index in [0.29, 0.717) is 5.92 Å². The molecule has 0 radical (unpaired) electrons. The predicted octanol–water partition coefficient (Wildman–Crippen LogP) is 2.46. The fraction of sp³-hybridized carbons (Fsp3) is 1.00. The van der Waals surface area contributed by atoms with Crippen LogP contribution in [0.1, 0.15) is 33.6 Å². The van der Waals surface area contributed by atoms with Crippen LogP contribution in [0, 0.1) is 11.8 Å². The monoisotopic (exact) mass is 142 g/mol. The van der Waals surface area contributed by atoms with Gasteiger partial charge < -0.3 is 4.74 Å². The molecule has 0 N–H and O–H groups in total. The van der Waals surface area contributed by atoms with Crippen molar-refractivity contribution in [1.82, 2.24) is 0 Å². The zero-order chi connectivity index (χ0) is 7.78. The summed E-state index contributed by atoms with van der Waals surface area (Å²) in [5.41, 5.74) is 0.153. The van der Waals surface area contributed by atoms with Crippen molar-refractivity contribution in [3.63, 3.8) is 0 Å². The number of hydrogen-bond acceptors (Lipinski definition) is 1. The van der Waals surface area contributed by atoms with Crippen molar-refractivity contribution in [2.24, 2.45) is 11.8 Å². The minimum Gasteiger partial charge on any atom is -0.378 e. The fourth-order valence-electron chi connectivity index (χ4n) is 1.53. The molecule has 1 unspecified atom stereocenters. The van der Waals surface area contributed by atoms with E-state index < -0.39 is 0 Å². The van der Waals surface area contributed by atoms with Crippen LogP contribution >= 0.6 is 0 Å². The summed E-state index contributed by atoms with van der Waals surface area (Å²) in [7, 11) is 1.83. The van der Waals surface area contributed by atoms with Gasteiger partial charge in [0.25, 0.3) is 0 Å². The van der Waals surface area contributed by atoms with Gasteiger partial charge in [0.2, 0.25) is 0 Å². The summed E-state index contributed by atoms with van der Waals surface area (Å²) in [4.78, 5) is 0. The molecule has 0 aromatic rings. The van der Waals surface area contributed by atoms with E-state index in [1.165, 1.54) is 12.8 Å². The highest BCUT2D eigenvalue weighted by Gasteiger charge is 2.43. The molecule has 60 valence electrons. The van der Waals surface area contributed by atoms with Crippen LogP contribution in [0.5, 0.6) is 0 Å². The summed E-state index contributed by atoms with van der Waals surface area (Å²) in [6.45, 7) is 6.71. The summed E-state index contributed by atoms with van der Waals surface area (Å²) >= 11 is 0. The van der Waals surface area contributed by atoms with E-state index in [4.69, 9.17) is 4.74 Å². The van der Waals surface area contributed by atoms with Crippen molar-refractivity contribution < 1.29 is 4.74 Å². The lowest BCUT2D eigenvalue weighted by Gasteiger charge is -2.32. The lowest BCUT2D eigenvalue weighted by Crippen LogP contribution is -2.35. The summed E-state index contributed by atoms with van der Waals surface area (Å²) in [6, 6.07) is 0. The van der Waals surface area contributed by atoms with Crippen molar-refractivity contribution in [1.29, 1.82) is 0 Å². The topological polar surface area (TPSA) is 9.23 Å². The van der Waals surface area contributed by atoms with Gasteiger partial charge in [-0.15, -0.1) is 0 Å². The Morgan fingerprint density at radius 1 is 1.40 bits per heavy atom. The Morgan fingerprint density at radius 3 is 2.00 bits per heavy atom. The molecule has 1 nitrogen and oxygen atoms in total. The smallest absolute Gasteiger partial charge is 0.0701 e. The van der Waals surface area contributed by atoms with Crippen molar-refractivity contribution in [3.8, 4) is 0 Å². The molecule has 10 heavy (non-hydrogen) atoms. The fourth-order valence-corrected chi connectivity index (χ4v) is 1.53. The van der Waals surface area contributed by atoms with Gasteiger partial charge in [-0.05, 0) is 31.6 Å². The van der Waals surface area contributed by atoms with Crippen LogP contribution in [-0.4, -0.2) is 12.7 Å². The molecule has 1 aliphatic rings. The zero-order valence-corrected chi connectivity index (χ0v) is 7.48. The van der Waals surface area contributed by atoms with Gasteiger partial charge >= 0.3 is 0 Å². The van der Waals surface area contributed by atoms with E-state index in [2.05, 4.69) is 20.8 Å². The molecule has 0 saturated heterocycles. The number of hydrogen-bond donors (Lipinski definition) is 0. The molecule has 0 bridgehead atoms. The standard InChI is InChI=1S/C9H18O/c1-7(2)9(3,10-4)8-5-6-8/h7-8H,5-6H2,1-4H3. The Morgan fingerprint density at radius 2 is 1.90 bits per heavy atom. The van der Waals surface area contributed by atoms with E-state index in [-0.39, 0.29) is 5.60 Å². The number of rotatable bonds is 3. The molecule has 1 rings (SSSR count). The van der Waals surface area contributed by atoms with Crippen LogP contribution in [0.25, 0.3) is 0 Å². The normalized spacial score (nSPS) is 24.9. The molecule has 1 aliphatic carbocycles. The van der Waals surface area contributed by atoms with Crippen LogP contribution in [0.2, 0.25) is 0 Å². The largest absolute Gasteiger partial charge is 0.378 e. The highest BCUT2D eigenvalue weighted by molar-refractivity contribution is 4.94. The lowest BCUT2D eigenvalue weighted by molar-refractivity contribution is -0.0502. The molecule has 1 fully saturated rings. The molecule has 0 amide bonds. The first-order valence-corrected chi connectivity index (χ1v) is 4.16. The maximum absolute atomic E-state index is 5.52. The van der Waals surface area contributed by atoms with Gasteiger partial charge in [0.05, 0.1) is 5.60 Å². The third-order valence-corrected chi connectivity index (χ3v) is 2.97. The molecule has 1 saturated carbocycles. The second-order valence-electron chi connectivity index (χ2n) is 3.82. The van der Waals surface area contributed by atoms with E-state index in [9.17, 15) is 0 Å². The van der Waals surface area contributed by atoms with Crippen molar-refractivity contribution in [2.75, 3.05) is 7.11 Å². The minimum atomic E-state index is 0.153. The number of ether oxygens (including phenoxy) is 1. The van der Waals surface area contributed by atoms with Gasteiger partial charge in [0, 0.05) is 7.11 Å². The highest BCUT2D eigenvalue weighted by Crippen LogP contribution is 2.45. The van der Waals surface area contributed by atoms with Gasteiger partial charge in [-0.2, -0.15) is 0 Å². The summed E-state index contributed by atoms with van der Waals surface area (Å²) in [5.74, 6) is 1.47. The molecule has 0 heterocycles. The number of methoxy groups -OCH3 is 1. The first-order chi connectivity index (χ1) is 4.61. The van der Waals surface area contributed by atoms with Crippen LogP contribution in [0.15, 0.2) is 0 Å². The van der Waals surface area contributed by atoms with Gasteiger partial charge in [-0.1, -0.05) is 13.8 Å². The van der Waals surface area contributed by atoms with Gasteiger partial charge in [0.15, 0.2) is 0 Å². The first-order valence-electron chi connectivity index (χ1n) is 4.16. The Bertz CT molecular complexity index is 112. The van der Waals surface area contributed by atoms with Crippen LogP contribution in [-0.2, 0) is 4.74 Å². The molecule has 0 spiro atoms. The lowest BCUT2D eigenvalue weighted by atomic mass is 9.87. The van der Waals surface area contributed by atoms with Gasteiger partial charge in [-0.25, -0.2) is 0 Å². The maximum atomic E-state index is 5.52. The Labute approximate surface area is 63.8 Å². The third-order valence-electron chi connectivity index (χ3n) is 2.97. The molecule has 0 aromatic heterocycles. The molecular weight excluding hydrogens is 124 g/mol. The van der Waals surface area contributed by atoms with E-state index >= 15 is 0 Å². The van der Waals surface area contributed by atoms with Crippen molar-refractivity contribution in [3.05, 3.63) is 0 Å². The average Bonchev–Trinajstić information content (AvgIpc) is 2.67.